The Balaban J connectivity index is 1.52. The molecule has 6 nitrogen and oxygen atoms in total. The maximum atomic E-state index is 12.6. The lowest BCUT2D eigenvalue weighted by Crippen LogP contribution is -2.15. The maximum absolute atomic E-state index is 12.6. The molecular weight excluding hydrogens is 503 g/mol. The van der Waals surface area contributed by atoms with Crippen LogP contribution in [0.2, 0.25) is 10.0 Å². The molecule has 0 spiro atoms. The maximum Gasteiger partial charge on any atom is 0.261 e. The molecule has 0 aliphatic rings. The summed E-state index contributed by atoms with van der Waals surface area (Å²) in [4.78, 5) is 12.3. The first-order chi connectivity index (χ1) is 15.8. The molecule has 0 fully saturated rings. The molecule has 0 saturated heterocycles. The van der Waals surface area contributed by atoms with Gasteiger partial charge in [-0.3, -0.25) is 9.52 Å². The van der Waals surface area contributed by atoms with Crippen LogP contribution in [-0.4, -0.2) is 26.7 Å². The van der Waals surface area contributed by atoms with Crippen molar-refractivity contribution < 1.29 is 17.9 Å². The molecule has 0 radical (unpaired) electrons. The molecule has 10 heteroatoms. The average molecular weight is 525 g/mol. The molecule has 174 valence electrons. The van der Waals surface area contributed by atoms with Crippen LogP contribution in [0.1, 0.15) is 12.5 Å². The summed E-state index contributed by atoms with van der Waals surface area (Å²) in [7, 11) is -3.76. The molecule has 0 bridgehead atoms. The number of amides is 1. The van der Waals surface area contributed by atoms with E-state index in [1.165, 1.54) is 23.9 Å². The minimum atomic E-state index is -3.76. The Morgan fingerprint density at radius 1 is 0.939 bits per heavy atom. The van der Waals surface area contributed by atoms with Gasteiger partial charge in [-0.15, -0.1) is 11.8 Å². The summed E-state index contributed by atoms with van der Waals surface area (Å²) < 4.78 is 33.1. The van der Waals surface area contributed by atoms with E-state index in [4.69, 9.17) is 27.9 Å². The molecule has 3 aromatic carbocycles. The van der Waals surface area contributed by atoms with Gasteiger partial charge in [0, 0.05) is 17.1 Å². The second-order valence-corrected chi connectivity index (χ2v) is 10.4. The van der Waals surface area contributed by atoms with E-state index in [1.807, 2.05) is 13.0 Å². The highest BCUT2D eigenvalue weighted by molar-refractivity contribution is 7.99. The van der Waals surface area contributed by atoms with Gasteiger partial charge in [0.1, 0.15) is 5.75 Å². The van der Waals surface area contributed by atoms with Crippen molar-refractivity contribution in [3.8, 4) is 5.75 Å². The molecule has 1 amide bonds. The lowest BCUT2D eigenvalue weighted by Gasteiger charge is -2.10. The van der Waals surface area contributed by atoms with Gasteiger partial charge in [-0.25, -0.2) is 8.42 Å². The van der Waals surface area contributed by atoms with Gasteiger partial charge >= 0.3 is 0 Å². The van der Waals surface area contributed by atoms with Gasteiger partial charge in [0.25, 0.3) is 10.0 Å². The third-order valence-corrected chi connectivity index (χ3v) is 7.49. The highest BCUT2D eigenvalue weighted by Crippen LogP contribution is 2.25. The average Bonchev–Trinajstić information content (AvgIpc) is 2.78. The van der Waals surface area contributed by atoms with Crippen molar-refractivity contribution in [2.45, 2.75) is 17.6 Å². The highest BCUT2D eigenvalue weighted by Gasteiger charge is 2.14. The van der Waals surface area contributed by atoms with Gasteiger partial charge in [0.15, 0.2) is 0 Å². The Morgan fingerprint density at radius 2 is 1.61 bits per heavy atom. The predicted molar refractivity (Wildman–Crippen MR) is 136 cm³/mol. The molecule has 0 unspecified atom stereocenters. The summed E-state index contributed by atoms with van der Waals surface area (Å²) in [6.45, 7) is 2.41. The van der Waals surface area contributed by atoms with Gasteiger partial charge in [-0.1, -0.05) is 29.3 Å². The van der Waals surface area contributed by atoms with Crippen molar-refractivity contribution in [2.24, 2.45) is 0 Å². The fraction of sp³-hybridized carbons (Fsp3) is 0.174. The topological polar surface area (TPSA) is 84.5 Å². The van der Waals surface area contributed by atoms with Crippen molar-refractivity contribution in [1.29, 1.82) is 0 Å². The molecule has 2 N–H and O–H groups in total. The van der Waals surface area contributed by atoms with Crippen molar-refractivity contribution in [1.82, 2.24) is 0 Å². The Morgan fingerprint density at radius 3 is 2.24 bits per heavy atom. The van der Waals surface area contributed by atoms with E-state index >= 15 is 0 Å². The number of ether oxygens (including phenoxy) is 1. The van der Waals surface area contributed by atoms with E-state index in [9.17, 15) is 13.2 Å². The molecule has 0 aliphatic carbocycles. The third-order valence-electron chi connectivity index (χ3n) is 4.35. The second kappa shape index (κ2) is 11.7. The third kappa shape index (κ3) is 7.57. The zero-order chi connectivity index (χ0) is 23.8. The quantitative estimate of drug-likeness (QED) is 0.336. The monoisotopic (exact) mass is 524 g/mol. The van der Waals surface area contributed by atoms with E-state index in [1.54, 1.807) is 48.5 Å². The van der Waals surface area contributed by atoms with Crippen molar-refractivity contribution in [3.05, 3.63) is 82.3 Å². The molecule has 33 heavy (non-hydrogen) atoms. The number of sulfonamides is 1. The molecule has 0 aromatic heterocycles. The smallest absolute Gasteiger partial charge is 0.261 e. The van der Waals surface area contributed by atoms with Gasteiger partial charge in [0.2, 0.25) is 5.91 Å². The Kier molecular flexibility index (Phi) is 8.91. The van der Waals surface area contributed by atoms with Crippen LogP contribution in [-0.2, 0) is 20.6 Å². The number of carbonyl (C=O) groups excluding carboxylic acids is 1. The highest BCUT2D eigenvalue weighted by atomic mass is 35.5. The van der Waals surface area contributed by atoms with E-state index < -0.39 is 10.0 Å². The van der Waals surface area contributed by atoms with Crippen molar-refractivity contribution >= 4 is 62.3 Å². The van der Waals surface area contributed by atoms with Crippen LogP contribution in [0.5, 0.6) is 5.75 Å². The van der Waals surface area contributed by atoms with E-state index in [0.717, 1.165) is 5.56 Å². The molecule has 0 heterocycles. The molecule has 3 aromatic rings. The minimum Gasteiger partial charge on any atom is -0.494 e. The normalized spacial score (nSPS) is 11.1. The number of benzene rings is 3. The number of anilines is 2. The van der Waals surface area contributed by atoms with Crippen LogP contribution < -0.4 is 14.8 Å². The van der Waals surface area contributed by atoms with Gasteiger partial charge in [0.05, 0.1) is 27.3 Å². The number of hydrogen-bond donors (Lipinski definition) is 2. The largest absolute Gasteiger partial charge is 0.494 e. The minimum absolute atomic E-state index is 0.0865. The van der Waals surface area contributed by atoms with Crippen LogP contribution in [0, 0.1) is 0 Å². The molecule has 0 aliphatic heterocycles. The van der Waals surface area contributed by atoms with Gasteiger partial charge in [-0.05, 0) is 73.2 Å². The summed E-state index contributed by atoms with van der Waals surface area (Å²) in [6.07, 6.45) is 0. The standard InChI is InChI=1S/C23H22Cl2N2O4S2/c1-2-31-19-8-4-18(5-9-19)27-33(29,30)20-10-6-17(7-11-20)26-23(28)15-32-14-16-3-12-21(24)22(25)13-16/h3-13,27H,2,14-15H2,1H3,(H,26,28). The summed E-state index contributed by atoms with van der Waals surface area (Å²) in [6, 6.07) is 18.0. The zero-order valence-electron chi connectivity index (χ0n) is 17.7. The summed E-state index contributed by atoms with van der Waals surface area (Å²) in [5, 5.41) is 3.73. The fourth-order valence-electron chi connectivity index (χ4n) is 2.81. The predicted octanol–water partition coefficient (Wildman–Crippen LogP) is 6.06. The summed E-state index contributed by atoms with van der Waals surface area (Å²) in [5.74, 6) is 1.32. The molecular formula is C23H22Cl2N2O4S2. The SMILES string of the molecule is CCOc1ccc(NS(=O)(=O)c2ccc(NC(=O)CSCc3ccc(Cl)c(Cl)c3)cc2)cc1. The van der Waals surface area contributed by atoms with Crippen LogP contribution in [0.15, 0.2) is 71.6 Å². The van der Waals surface area contributed by atoms with Gasteiger partial charge < -0.3 is 10.1 Å². The Labute approximate surface area is 207 Å². The van der Waals surface area contributed by atoms with Gasteiger partial charge in [-0.2, -0.15) is 0 Å². The van der Waals surface area contributed by atoms with Crippen LogP contribution in [0.4, 0.5) is 11.4 Å². The van der Waals surface area contributed by atoms with E-state index in [-0.39, 0.29) is 16.6 Å². The summed E-state index contributed by atoms with van der Waals surface area (Å²) >= 11 is 13.3. The number of thioether (sulfide) groups is 1. The molecule has 0 saturated carbocycles. The van der Waals surface area contributed by atoms with Crippen LogP contribution in [0.25, 0.3) is 0 Å². The molecule has 3 rings (SSSR count). The van der Waals surface area contributed by atoms with E-state index in [2.05, 4.69) is 10.0 Å². The molecule has 0 atom stereocenters. The van der Waals surface area contributed by atoms with E-state index in [0.29, 0.717) is 39.5 Å². The Bertz CT molecular complexity index is 1200. The number of rotatable bonds is 10. The Hall–Kier alpha value is -2.39. The van der Waals surface area contributed by atoms with Crippen molar-refractivity contribution in [3.63, 3.8) is 0 Å². The zero-order valence-corrected chi connectivity index (χ0v) is 20.8. The fourth-order valence-corrected chi connectivity index (χ4v) is 4.96. The number of carbonyl (C=O) groups is 1. The van der Waals surface area contributed by atoms with Crippen LogP contribution >= 0.6 is 35.0 Å². The first-order valence-corrected chi connectivity index (χ1v) is 13.3. The first-order valence-electron chi connectivity index (χ1n) is 9.94. The number of nitrogens with one attached hydrogen (secondary N) is 2. The van der Waals surface area contributed by atoms with Crippen LogP contribution in [0.3, 0.4) is 0 Å². The van der Waals surface area contributed by atoms with Crippen molar-refractivity contribution in [2.75, 3.05) is 22.4 Å². The lowest BCUT2D eigenvalue weighted by atomic mass is 10.2. The second-order valence-electron chi connectivity index (χ2n) is 6.88. The summed E-state index contributed by atoms with van der Waals surface area (Å²) in [5.41, 5.74) is 1.90. The first kappa shape index (κ1) is 25.2. The number of halogens is 2. The number of hydrogen-bond acceptors (Lipinski definition) is 5. The lowest BCUT2D eigenvalue weighted by molar-refractivity contribution is -0.113.